The van der Waals surface area contributed by atoms with E-state index >= 15 is 0 Å². The van der Waals surface area contributed by atoms with E-state index in [0.29, 0.717) is 12.0 Å². The minimum atomic E-state index is 0.544. The van der Waals surface area contributed by atoms with Crippen LogP contribution in [0.25, 0.3) is 0 Å². The number of nitriles is 1. The molecule has 0 bridgehead atoms. The van der Waals surface area contributed by atoms with Crippen molar-refractivity contribution in [2.24, 2.45) is 5.92 Å². The fraction of sp³-hybridized carbons (Fsp3) is 0.438. The van der Waals surface area contributed by atoms with Crippen molar-refractivity contribution >= 4 is 0 Å². The lowest BCUT2D eigenvalue weighted by atomic mass is 9.84. The van der Waals surface area contributed by atoms with Crippen LogP contribution in [0.15, 0.2) is 36.9 Å². The van der Waals surface area contributed by atoms with Gasteiger partial charge >= 0.3 is 0 Å². The van der Waals surface area contributed by atoms with Gasteiger partial charge in [0.15, 0.2) is 0 Å². The molecule has 94 valence electrons. The van der Waals surface area contributed by atoms with Gasteiger partial charge in [0.25, 0.3) is 0 Å². The van der Waals surface area contributed by atoms with Crippen LogP contribution in [0.4, 0.5) is 0 Å². The molecule has 0 aromatic heterocycles. The van der Waals surface area contributed by atoms with Crippen LogP contribution >= 0.6 is 0 Å². The number of hydrogen-bond donors (Lipinski definition) is 1. The Kier molecular flexibility index (Phi) is 4.55. The SMILES string of the molecule is C=CC1CCCCC1NCc1cccc(C#N)c1. The van der Waals surface area contributed by atoms with Crippen molar-refractivity contribution in [1.29, 1.82) is 5.26 Å². The second-order valence-corrected chi connectivity index (χ2v) is 4.98. The zero-order chi connectivity index (χ0) is 12.8. The number of nitrogens with zero attached hydrogens (tertiary/aromatic N) is 1. The van der Waals surface area contributed by atoms with Crippen LogP contribution in [-0.2, 0) is 6.54 Å². The zero-order valence-corrected chi connectivity index (χ0v) is 10.7. The lowest BCUT2D eigenvalue weighted by molar-refractivity contribution is 0.305. The molecule has 0 amide bonds. The summed E-state index contributed by atoms with van der Waals surface area (Å²) in [4.78, 5) is 0. The first-order valence-corrected chi connectivity index (χ1v) is 6.68. The van der Waals surface area contributed by atoms with Gasteiger partial charge in [0, 0.05) is 12.6 Å². The molecule has 1 N–H and O–H groups in total. The van der Waals surface area contributed by atoms with Crippen LogP contribution in [0.3, 0.4) is 0 Å². The maximum Gasteiger partial charge on any atom is 0.0991 e. The Balaban J connectivity index is 1.93. The molecule has 2 atom stereocenters. The summed E-state index contributed by atoms with van der Waals surface area (Å²) in [5.74, 6) is 0.595. The third kappa shape index (κ3) is 3.21. The number of nitrogens with one attached hydrogen (secondary N) is 1. The van der Waals surface area contributed by atoms with Gasteiger partial charge in [0.2, 0.25) is 0 Å². The molecule has 2 heteroatoms. The van der Waals surface area contributed by atoms with E-state index in [1.807, 2.05) is 18.2 Å². The van der Waals surface area contributed by atoms with Gasteiger partial charge in [-0.05, 0) is 36.5 Å². The van der Waals surface area contributed by atoms with Crippen molar-refractivity contribution in [2.45, 2.75) is 38.3 Å². The highest BCUT2D eigenvalue weighted by Crippen LogP contribution is 2.25. The molecule has 0 radical (unpaired) electrons. The Bertz CT molecular complexity index is 445. The molecule has 1 aliphatic carbocycles. The number of rotatable bonds is 4. The van der Waals surface area contributed by atoms with E-state index in [0.717, 1.165) is 12.1 Å². The van der Waals surface area contributed by atoms with Gasteiger partial charge in [-0.3, -0.25) is 0 Å². The van der Waals surface area contributed by atoms with E-state index in [1.165, 1.54) is 31.2 Å². The van der Waals surface area contributed by atoms with Gasteiger partial charge in [-0.15, -0.1) is 6.58 Å². The molecule has 0 heterocycles. The lowest BCUT2D eigenvalue weighted by Gasteiger charge is -2.30. The van der Waals surface area contributed by atoms with Crippen LogP contribution in [0, 0.1) is 17.2 Å². The largest absolute Gasteiger partial charge is 0.309 e. The van der Waals surface area contributed by atoms with Crippen LogP contribution in [-0.4, -0.2) is 6.04 Å². The van der Waals surface area contributed by atoms with Crippen molar-refractivity contribution in [3.8, 4) is 6.07 Å². The van der Waals surface area contributed by atoms with Gasteiger partial charge in [0.05, 0.1) is 11.6 Å². The summed E-state index contributed by atoms with van der Waals surface area (Å²) in [5.41, 5.74) is 1.92. The second-order valence-electron chi connectivity index (χ2n) is 4.98. The van der Waals surface area contributed by atoms with Gasteiger partial charge in [-0.2, -0.15) is 5.26 Å². The molecule has 2 nitrogen and oxygen atoms in total. The average molecular weight is 240 g/mol. The summed E-state index contributed by atoms with van der Waals surface area (Å²) in [6, 6.07) is 10.5. The summed E-state index contributed by atoms with van der Waals surface area (Å²) in [7, 11) is 0. The Labute approximate surface area is 109 Å². The molecule has 1 saturated carbocycles. The van der Waals surface area contributed by atoms with Crippen LogP contribution in [0.1, 0.15) is 36.8 Å². The fourth-order valence-corrected chi connectivity index (χ4v) is 2.69. The first-order chi connectivity index (χ1) is 8.83. The molecular weight excluding hydrogens is 220 g/mol. The molecule has 1 aromatic rings. The highest BCUT2D eigenvalue weighted by molar-refractivity contribution is 5.32. The minimum Gasteiger partial charge on any atom is -0.309 e. The van der Waals surface area contributed by atoms with Crippen LogP contribution in [0.5, 0.6) is 0 Å². The molecule has 2 rings (SSSR count). The highest BCUT2D eigenvalue weighted by Gasteiger charge is 2.21. The van der Waals surface area contributed by atoms with Crippen molar-refractivity contribution in [1.82, 2.24) is 5.32 Å². The van der Waals surface area contributed by atoms with Gasteiger partial charge in [0.1, 0.15) is 0 Å². The van der Waals surface area contributed by atoms with Crippen molar-refractivity contribution < 1.29 is 0 Å². The quantitative estimate of drug-likeness (QED) is 0.819. The zero-order valence-electron chi connectivity index (χ0n) is 10.7. The van der Waals surface area contributed by atoms with E-state index in [1.54, 1.807) is 0 Å². The summed E-state index contributed by atoms with van der Waals surface area (Å²) >= 11 is 0. The predicted octanol–water partition coefficient (Wildman–Crippen LogP) is 3.39. The Morgan fingerprint density at radius 1 is 1.39 bits per heavy atom. The van der Waals surface area contributed by atoms with Crippen molar-refractivity contribution in [3.63, 3.8) is 0 Å². The molecule has 18 heavy (non-hydrogen) atoms. The Morgan fingerprint density at radius 2 is 2.22 bits per heavy atom. The average Bonchev–Trinajstić information content (AvgIpc) is 2.45. The van der Waals surface area contributed by atoms with E-state index in [2.05, 4.69) is 30.1 Å². The highest BCUT2D eigenvalue weighted by atomic mass is 14.9. The standard InChI is InChI=1S/C16H20N2/c1-2-15-8-3-4-9-16(15)18-12-14-7-5-6-13(10-14)11-17/h2,5-7,10,15-16,18H,1,3-4,8-9,12H2. The number of benzene rings is 1. The number of hydrogen-bond acceptors (Lipinski definition) is 2. The third-order valence-corrected chi connectivity index (χ3v) is 3.75. The smallest absolute Gasteiger partial charge is 0.0991 e. The first-order valence-electron chi connectivity index (χ1n) is 6.68. The van der Waals surface area contributed by atoms with Gasteiger partial charge < -0.3 is 5.32 Å². The topological polar surface area (TPSA) is 35.8 Å². The van der Waals surface area contributed by atoms with Gasteiger partial charge in [-0.1, -0.05) is 31.1 Å². The summed E-state index contributed by atoms with van der Waals surface area (Å²) < 4.78 is 0. The molecule has 1 aromatic carbocycles. The maximum atomic E-state index is 8.88. The Morgan fingerprint density at radius 3 is 3.00 bits per heavy atom. The third-order valence-electron chi connectivity index (χ3n) is 3.75. The molecular formula is C16H20N2. The van der Waals surface area contributed by atoms with E-state index in [9.17, 15) is 0 Å². The van der Waals surface area contributed by atoms with Crippen LogP contribution < -0.4 is 5.32 Å². The summed E-state index contributed by atoms with van der Waals surface area (Å²) in [6.07, 6.45) is 7.19. The summed E-state index contributed by atoms with van der Waals surface area (Å²) in [6.45, 7) is 4.77. The second kappa shape index (κ2) is 6.37. The summed E-state index contributed by atoms with van der Waals surface area (Å²) in [5, 5.41) is 12.5. The molecule has 2 unspecified atom stereocenters. The molecule has 0 spiro atoms. The predicted molar refractivity (Wildman–Crippen MR) is 73.9 cm³/mol. The Hall–Kier alpha value is -1.59. The maximum absolute atomic E-state index is 8.88. The lowest BCUT2D eigenvalue weighted by Crippen LogP contribution is -2.37. The molecule has 1 fully saturated rings. The van der Waals surface area contributed by atoms with E-state index in [-0.39, 0.29) is 0 Å². The van der Waals surface area contributed by atoms with Crippen LogP contribution in [0.2, 0.25) is 0 Å². The van der Waals surface area contributed by atoms with Gasteiger partial charge in [-0.25, -0.2) is 0 Å². The molecule has 0 saturated heterocycles. The van der Waals surface area contributed by atoms with Crippen molar-refractivity contribution in [2.75, 3.05) is 0 Å². The van der Waals surface area contributed by atoms with E-state index < -0.39 is 0 Å². The van der Waals surface area contributed by atoms with Crippen molar-refractivity contribution in [3.05, 3.63) is 48.0 Å². The fourth-order valence-electron chi connectivity index (χ4n) is 2.69. The first kappa shape index (κ1) is 12.9. The monoisotopic (exact) mass is 240 g/mol. The molecule has 1 aliphatic rings. The molecule has 0 aliphatic heterocycles. The minimum absolute atomic E-state index is 0.544. The van der Waals surface area contributed by atoms with E-state index in [4.69, 9.17) is 5.26 Å². The normalized spacial score (nSPS) is 23.3.